The molecule has 1 aromatic rings. The molecule has 0 aromatic heterocycles. The average molecular weight is 290 g/mol. The molecule has 0 aliphatic rings. The Kier molecular flexibility index (Phi) is 7.01. The number of amidine groups is 1. The minimum atomic E-state index is -0.291. The van der Waals surface area contributed by atoms with E-state index in [4.69, 9.17) is 9.47 Å². The number of nitrogens with one attached hydrogen (secondary N) is 1. The topological polar surface area (TPSA) is 59.9 Å². The lowest BCUT2D eigenvalue weighted by Gasteiger charge is -2.12. The van der Waals surface area contributed by atoms with Gasteiger partial charge >= 0.3 is 0 Å². The lowest BCUT2D eigenvalue weighted by Crippen LogP contribution is -2.33. The van der Waals surface area contributed by atoms with Crippen molar-refractivity contribution in [3.05, 3.63) is 42.5 Å². The molecule has 1 N–H and O–H groups in total. The van der Waals surface area contributed by atoms with Crippen LogP contribution in [0.4, 0.5) is 0 Å². The van der Waals surface area contributed by atoms with Gasteiger partial charge in [-0.3, -0.25) is 10.1 Å². The Morgan fingerprint density at radius 3 is 2.86 bits per heavy atom. The quantitative estimate of drug-likeness (QED) is 0.498. The first-order chi connectivity index (χ1) is 10.1. The number of amides is 1. The number of ether oxygens (including phenoxy) is 2. The minimum Gasteiger partial charge on any atom is -0.497 e. The van der Waals surface area contributed by atoms with Gasteiger partial charge in [0.05, 0.1) is 20.3 Å². The molecule has 5 nitrogen and oxygen atoms in total. The number of benzene rings is 1. The molecule has 0 aliphatic carbocycles. The summed E-state index contributed by atoms with van der Waals surface area (Å²) in [6.07, 6.45) is 1.64. The van der Waals surface area contributed by atoms with Crippen LogP contribution in [0.25, 0.3) is 0 Å². The summed E-state index contributed by atoms with van der Waals surface area (Å²) in [5.41, 5.74) is 0.480. The number of nitrogens with zero attached hydrogens (tertiary/aromatic N) is 1. The van der Waals surface area contributed by atoms with Gasteiger partial charge in [0.15, 0.2) is 0 Å². The summed E-state index contributed by atoms with van der Waals surface area (Å²) < 4.78 is 10.6. The van der Waals surface area contributed by atoms with Gasteiger partial charge in [-0.15, -0.1) is 6.58 Å². The summed E-state index contributed by atoms with van der Waals surface area (Å²) in [7, 11) is 1.56. The zero-order valence-electron chi connectivity index (χ0n) is 12.8. The summed E-state index contributed by atoms with van der Waals surface area (Å²) in [5, 5.41) is 2.66. The standard InChI is InChI=1S/C16H22N2O3/c1-5-9-17-16(21-11-12(2)3)18-15(19)13-7-6-8-14(10-13)20-4/h5-8,10,12H,1,9,11H2,2-4H3,(H,17,18,19). The number of hydrogen-bond donors (Lipinski definition) is 1. The zero-order chi connectivity index (χ0) is 15.7. The fourth-order valence-corrected chi connectivity index (χ4v) is 1.45. The smallest absolute Gasteiger partial charge is 0.292 e. The van der Waals surface area contributed by atoms with Gasteiger partial charge in [0.25, 0.3) is 11.9 Å². The third-order valence-corrected chi connectivity index (χ3v) is 2.47. The Hall–Kier alpha value is -2.30. The minimum absolute atomic E-state index is 0.205. The molecule has 114 valence electrons. The van der Waals surface area contributed by atoms with Gasteiger partial charge in [0, 0.05) is 5.56 Å². The van der Waals surface area contributed by atoms with Crippen LogP contribution in [0, 0.1) is 5.92 Å². The van der Waals surface area contributed by atoms with Crippen molar-refractivity contribution in [2.24, 2.45) is 10.9 Å². The van der Waals surface area contributed by atoms with E-state index in [2.05, 4.69) is 16.9 Å². The predicted molar refractivity (Wildman–Crippen MR) is 83.7 cm³/mol. The summed E-state index contributed by atoms with van der Waals surface area (Å²) in [5.74, 6) is 0.670. The summed E-state index contributed by atoms with van der Waals surface area (Å²) in [6, 6.07) is 7.09. The second-order valence-corrected chi connectivity index (χ2v) is 4.83. The largest absolute Gasteiger partial charge is 0.497 e. The van der Waals surface area contributed by atoms with Crippen LogP contribution < -0.4 is 10.1 Å². The number of rotatable bonds is 6. The normalized spacial score (nSPS) is 11.1. The lowest BCUT2D eigenvalue weighted by atomic mass is 10.2. The Morgan fingerprint density at radius 1 is 1.48 bits per heavy atom. The van der Waals surface area contributed by atoms with Crippen molar-refractivity contribution in [1.29, 1.82) is 0 Å². The molecule has 0 aliphatic heterocycles. The first-order valence-electron chi connectivity index (χ1n) is 6.80. The highest BCUT2D eigenvalue weighted by atomic mass is 16.5. The van der Waals surface area contributed by atoms with E-state index >= 15 is 0 Å². The molecule has 0 unspecified atom stereocenters. The molecule has 0 spiro atoms. The van der Waals surface area contributed by atoms with Gasteiger partial charge < -0.3 is 9.47 Å². The highest BCUT2D eigenvalue weighted by Gasteiger charge is 2.11. The fourth-order valence-electron chi connectivity index (χ4n) is 1.45. The second-order valence-electron chi connectivity index (χ2n) is 4.83. The SMILES string of the molecule is C=CCN=C(NC(=O)c1cccc(OC)c1)OCC(C)C. The van der Waals surface area contributed by atoms with Crippen LogP contribution in [0.1, 0.15) is 24.2 Å². The Bertz CT molecular complexity index is 510. The summed E-state index contributed by atoms with van der Waals surface area (Å²) >= 11 is 0. The number of aliphatic imine (C=N–C) groups is 1. The maximum atomic E-state index is 12.2. The fraction of sp³-hybridized carbons (Fsp3) is 0.375. The molecular formula is C16H22N2O3. The van der Waals surface area contributed by atoms with Crippen molar-refractivity contribution >= 4 is 11.9 Å². The van der Waals surface area contributed by atoms with E-state index in [1.807, 2.05) is 13.8 Å². The Morgan fingerprint density at radius 2 is 2.24 bits per heavy atom. The van der Waals surface area contributed by atoms with Gasteiger partial charge in [-0.2, -0.15) is 0 Å². The molecule has 0 radical (unpaired) electrons. The van der Waals surface area contributed by atoms with Gasteiger partial charge in [0.1, 0.15) is 5.75 Å². The van der Waals surface area contributed by atoms with E-state index in [0.29, 0.717) is 30.4 Å². The Balaban J connectivity index is 2.76. The molecule has 5 heteroatoms. The molecule has 21 heavy (non-hydrogen) atoms. The molecule has 0 saturated heterocycles. The van der Waals surface area contributed by atoms with E-state index in [9.17, 15) is 4.79 Å². The molecule has 0 atom stereocenters. The van der Waals surface area contributed by atoms with E-state index < -0.39 is 0 Å². The lowest BCUT2D eigenvalue weighted by molar-refractivity contribution is 0.0963. The van der Waals surface area contributed by atoms with E-state index in [0.717, 1.165) is 0 Å². The zero-order valence-corrected chi connectivity index (χ0v) is 12.8. The average Bonchev–Trinajstić information content (AvgIpc) is 2.49. The van der Waals surface area contributed by atoms with Crippen LogP contribution in [0.2, 0.25) is 0 Å². The van der Waals surface area contributed by atoms with Crippen LogP contribution in [-0.4, -0.2) is 32.2 Å². The molecular weight excluding hydrogens is 268 g/mol. The molecule has 0 fully saturated rings. The molecule has 0 bridgehead atoms. The maximum absolute atomic E-state index is 12.2. The first-order valence-corrected chi connectivity index (χ1v) is 6.80. The number of hydrogen-bond acceptors (Lipinski definition) is 4. The highest BCUT2D eigenvalue weighted by Crippen LogP contribution is 2.12. The van der Waals surface area contributed by atoms with Crippen LogP contribution in [0.5, 0.6) is 5.75 Å². The predicted octanol–water partition coefficient (Wildman–Crippen LogP) is 2.64. The van der Waals surface area contributed by atoms with E-state index in [1.54, 1.807) is 37.5 Å². The van der Waals surface area contributed by atoms with Crippen LogP contribution in [0.15, 0.2) is 41.9 Å². The highest BCUT2D eigenvalue weighted by molar-refractivity contribution is 6.04. The van der Waals surface area contributed by atoms with Crippen molar-refractivity contribution in [1.82, 2.24) is 5.32 Å². The van der Waals surface area contributed by atoms with Gasteiger partial charge in [0.2, 0.25) is 0 Å². The molecule has 1 rings (SSSR count). The van der Waals surface area contributed by atoms with Crippen molar-refractivity contribution in [3.8, 4) is 5.75 Å². The van der Waals surface area contributed by atoms with Crippen molar-refractivity contribution in [3.63, 3.8) is 0 Å². The Labute approximate surface area is 125 Å². The van der Waals surface area contributed by atoms with Gasteiger partial charge in [-0.25, -0.2) is 4.99 Å². The first kappa shape index (κ1) is 16.8. The van der Waals surface area contributed by atoms with Crippen molar-refractivity contribution in [2.45, 2.75) is 13.8 Å². The third-order valence-electron chi connectivity index (χ3n) is 2.47. The maximum Gasteiger partial charge on any atom is 0.292 e. The van der Waals surface area contributed by atoms with Gasteiger partial charge in [-0.1, -0.05) is 26.0 Å². The summed E-state index contributed by atoms with van der Waals surface area (Å²) in [6.45, 7) is 8.50. The molecule has 0 saturated carbocycles. The molecule has 1 aromatic carbocycles. The number of methoxy groups -OCH3 is 1. The molecule has 1 amide bonds. The van der Waals surface area contributed by atoms with Gasteiger partial charge in [-0.05, 0) is 24.1 Å². The van der Waals surface area contributed by atoms with E-state index in [1.165, 1.54) is 0 Å². The summed E-state index contributed by atoms with van der Waals surface area (Å²) in [4.78, 5) is 16.3. The third kappa shape index (κ3) is 6.12. The van der Waals surface area contributed by atoms with E-state index in [-0.39, 0.29) is 11.9 Å². The van der Waals surface area contributed by atoms with Crippen molar-refractivity contribution in [2.75, 3.05) is 20.3 Å². The molecule has 0 heterocycles. The monoisotopic (exact) mass is 290 g/mol. The van der Waals surface area contributed by atoms with Crippen LogP contribution >= 0.6 is 0 Å². The number of carbonyl (C=O) groups is 1. The number of carbonyl (C=O) groups excluding carboxylic acids is 1. The van der Waals surface area contributed by atoms with Crippen molar-refractivity contribution < 1.29 is 14.3 Å². The van der Waals surface area contributed by atoms with Crippen LogP contribution in [0.3, 0.4) is 0 Å². The van der Waals surface area contributed by atoms with Crippen LogP contribution in [-0.2, 0) is 4.74 Å². The second kappa shape index (κ2) is 8.79.